The van der Waals surface area contributed by atoms with E-state index in [0.717, 1.165) is 60.4 Å². The Morgan fingerprint density at radius 1 is 1.11 bits per heavy atom. The topological polar surface area (TPSA) is 64.1 Å². The van der Waals surface area contributed by atoms with Crippen molar-refractivity contribution in [1.29, 1.82) is 0 Å². The Morgan fingerprint density at radius 3 is 2.43 bits per heavy atom. The summed E-state index contributed by atoms with van der Waals surface area (Å²) in [6.07, 6.45) is 7.16. The normalized spacial score (nSPS) is 12.6. The summed E-state index contributed by atoms with van der Waals surface area (Å²) in [6.45, 7) is 12.7. The molecule has 0 fully saturated rings. The number of methoxy groups -OCH3 is 1. The van der Waals surface area contributed by atoms with Crippen LogP contribution in [0.5, 0.6) is 5.75 Å². The number of anilines is 1. The highest BCUT2D eigenvalue weighted by Gasteiger charge is 2.19. The van der Waals surface area contributed by atoms with E-state index >= 15 is 0 Å². The van der Waals surface area contributed by atoms with Gasteiger partial charge in [-0.1, -0.05) is 55.7 Å². The van der Waals surface area contributed by atoms with E-state index < -0.39 is 0 Å². The van der Waals surface area contributed by atoms with Crippen molar-refractivity contribution in [2.45, 2.75) is 66.2 Å². The molecule has 0 saturated carbocycles. The number of rotatable bonds is 13. The van der Waals surface area contributed by atoms with E-state index in [-0.39, 0.29) is 5.91 Å². The molecule has 3 rings (SSSR count). The molecule has 1 amide bonds. The van der Waals surface area contributed by atoms with Gasteiger partial charge in [-0.2, -0.15) is 0 Å². The van der Waals surface area contributed by atoms with Crippen molar-refractivity contribution in [1.82, 2.24) is 9.97 Å². The first-order valence-electron chi connectivity index (χ1n) is 13.3. The highest BCUT2D eigenvalue weighted by atomic mass is 16.5. The monoisotopic (exact) mass is 499 g/mol. The van der Waals surface area contributed by atoms with Crippen molar-refractivity contribution in [2.24, 2.45) is 11.8 Å². The van der Waals surface area contributed by atoms with Gasteiger partial charge in [0.15, 0.2) is 5.82 Å². The van der Waals surface area contributed by atoms with Crippen LogP contribution in [0.3, 0.4) is 0 Å². The molecule has 0 saturated heterocycles. The van der Waals surface area contributed by atoms with E-state index in [4.69, 9.17) is 9.72 Å². The number of carbonyl (C=O) groups excluding carboxylic acids is 1. The molecule has 2 unspecified atom stereocenters. The van der Waals surface area contributed by atoms with Crippen molar-refractivity contribution in [3.8, 4) is 17.0 Å². The quantitative estimate of drug-likeness (QED) is 0.246. The number of ether oxygens (including phenoxy) is 1. The van der Waals surface area contributed by atoms with Crippen LogP contribution in [0.1, 0.15) is 63.3 Å². The van der Waals surface area contributed by atoms with Crippen LogP contribution in [0, 0.1) is 18.8 Å². The minimum Gasteiger partial charge on any atom is -0.497 e. The summed E-state index contributed by atoms with van der Waals surface area (Å²) in [4.78, 5) is 22.6. The number of nitrogens with zero attached hydrogens (tertiary/aromatic N) is 2. The van der Waals surface area contributed by atoms with Crippen molar-refractivity contribution < 1.29 is 9.53 Å². The summed E-state index contributed by atoms with van der Waals surface area (Å²) in [5, 5.41) is 3.05. The largest absolute Gasteiger partial charge is 0.497 e. The molecule has 5 nitrogen and oxygen atoms in total. The average Bonchev–Trinajstić information content (AvgIpc) is 2.89. The second kappa shape index (κ2) is 13.7. The second-order valence-electron chi connectivity index (χ2n) is 10.3. The molecule has 0 aliphatic heterocycles. The maximum absolute atomic E-state index is 12.9. The molecular formula is C32H41N3O2. The molecule has 1 N–H and O–H groups in total. The van der Waals surface area contributed by atoms with Crippen LogP contribution >= 0.6 is 0 Å². The SMILES string of the molecule is C=C(C)CCC(C)CC(CC)Cc1nc(-c2ccc(OC)cc2)cnc1NC(=O)Cc1ccc(C)cc1. The lowest BCUT2D eigenvalue weighted by Gasteiger charge is -2.21. The molecule has 0 spiro atoms. The number of hydrogen-bond acceptors (Lipinski definition) is 4. The standard InChI is InChI=1S/C32H41N3O2/c1-7-25(18-24(5)9-8-22(2)3)19-29-32(35-31(36)20-26-12-10-23(4)11-13-26)33-21-30(34-29)27-14-16-28(37-6)17-15-27/h10-17,21,24-25H,2,7-9,18-20H2,1,3-6H3,(H,33,35,36). The molecule has 37 heavy (non-hydrogen) atoms. The van der Waals surface area contributed by atoms with Gasteiger partial charge in [-0.05, 0) is 81.2 Å². The molecule has 5 heteroatoms. The molecule has 2 aromatic carbocycles. The van der Waals surface area contributed by atoms with Crippen molar-refractivity contribution >= 4 is 11.7 Å². The zero-order valence-corrected chi connectivity index (χ0v) is 23.0. The highest BCUT2D eigenvalue weighted by Crippen LogP contribution is 2.28. The lowest BCUT2D eigenvalue weighted by Crippen LogP contribution is -2.19. The Kier molecular flexibility index (Phi) is 10.4. The number of aromatic nitrogens is 2. The first kappa shape index (κ1) is 28.1. The third kappa shape index (κ3) is 8.85. The minimum absolute atomic E-state index is 0.0838. The van der Waals surface area contributed by atoms with Gasteiger partial charge in [-0.3, -0.25) is 4.79 Å². The van der Waals surface area contributed by atoms with E-state index in [1.807, 2.05) is 55.5 Å². The summed E-state index contributed by atoms with van der Waals surface area (Å²) in [5.74, 6) is 2.32. The zero-order chi connectivity index (χ0) is 26.8. The number of hydrogen-bond donors (Lipinski definition) is 1. The number of aryl methyl sites for hydroxylation is 1. The molecule has 1 heterocycles. The third-order valence-electron chi connectivity index (χ3n) is 6.83. The van der Waals surface area contributed by atoms with Gasteiger partial charge >= 0.3 is 0 Å². The summed E-state index contributed by atoms with van der Waals surface area (Å²) >= 11 is 0. The van der Waals surface area contributed by atoms with Crippen LogP contribution < -0.4 is 10.1 Å². The predicted molar refractivity (Wildman–Crippen MR) is 153 cm³/mol. The second-order valence-corrected chi connectivity index (χ2v) is 10.3. The number of benzene rings is 2. The first-order valence-corrected chi connectivity index (χ1v) is 13.3. The summed E-state index contributed by atoms with van der Waals surface area (Å²) in [7, 11) is 1.66. The van der Waals surface area contributed by atoms with E-state index in [0.29, 0.717) is 24.1 Å². The summed E-state index contributed by atoms with van der Waals surface area (Å²) < 4.78 is 5.30. The maximum Gasteiger partial charge on any atom is 0.229 e. The number of allylic oxidation sites excluding steroid dienone is 1. The van der Waals surface area contributed by atoms with Crippen LogP contribution in [0.4, 0.5) is 5.82 Å². The summed E-state index contributed by atoms with van der Waals surface area (Å²) in [5.41, 5.74) is 5.98. The van der Waals surface area contributed by atoms with Crippen LogP contribution in [0.25, 0.3) is 11.3 Å². The fourth-order valence-corrected chi connectivity index (χ4v) is 4.49. The molecule has 196 valence electrons. The Labute approximate surface area is 222 Å². The first-order chi connectivity index (χ1) is 17.8. The van der Waals surface area contributed by atoms with E-state index in [9.17, 15) is 4.79 Å². The molecular weight excluding hydrogens is 458 g/mol. The van der Waals surface area contributed by atoms with Crippen LogP contribution in [0.15, 0.2) is 66.9 Å². The molecule has 3 aromatic rings. The van der Waals surface area contributed by atoms with E-state index in [1.54, 1.807) is 13.3 Å². The molecule has 2 atom stereocenters. The molecule has 0 aliphatic rings. The van der Waals surface area contributed by atoms with Crippen LogP contribution in [0.2, 0.25) is 0 Å². The average molecular weight is 500 g/mol. The smallest absolute Gasteiger partial charge is 0.229 e. The van der Waals surface area contributed by atoms with Gasteiger partial charge < -0.3 is 10.1 Å². The van der Waals surface area contributed by atoms with Crippen LogP contribution in [-0.4, -0.2) is 23.0 Å². The lowest BCUT2D eigenvalue weighted by atomic mass is 9.87. The Morgan fingerprint density at radius 2 is 1.81 bits per heavy atom. The molecule has 1 aromatic heterocycles. The van der Waals surface area contributed by atoms with Gasteiger partial charge in [-0.25, -0.2) is 9.97 Å². The summed E-state index contributed by atoms with van der Waals surface area (Å²) in [6, 6.07) is 15.9. The maximum atomic E-state index is 12.9. The number of amides is 1. The van der Waals surface area contributed by atoms with Crippen LogP contribution in [-0.2, 0) is 17.6 Å². The van der Waals surface area contributed by atoms with Gasteiger partial charge in [-0.15, -0.1) is 6.58 Å². The molecule has 0 aliphatic carbocycles. The fraction of sp³-hybridized carbons (Fsp3) is 0.406. The molecule has 0 radical (unpaired) electrons. The van der Waals surface area contributed by atoms with E-state index in [2.05, 4.69) is 37.7 Å². The van der Waals surface area contributed by atoms with Gasteiger partial charge in [0.1, 0.15) is 5.75 Å². The Bertz CT molecular complexity index is 1170. The fourth-order valence-electron chi connectivity index (χ4n) is 4.49. The Balaban J connectivity index is 1.83. The Hall–Kier alpha value is -3.47. The predicted octanol–water partition coefficient (Wildman–Crippen LogP) is 7.59. The van der Waals surface area contributed by atoms with Gasteiger partial charge in [0.2, 0.25) is 5.91 Å². The highest BCUT2D eigenvalue weighted by molar-refractivity contribution is 5.92. The zero-order valence-electron chi connectivity index (χ0n) is 23.0. The van der Waals surface area contributed by atoms with Gasteiger partial charge in [0, 0.05) is 5.56 Å². The number of nitrogens with one attached hydrogen (secondary N) is 1. The third-order valence-corrected chi connectivity index (χ3v) is 6.83. The minimum atomic E-state index is -0.0838. The molecule has 0 bridgehead atoms. The van der Waals surface area contributed by atoms with Gasteiger partial charge in [0.05, 0.1) is 31.1 Å². The lowest BCUT2D eigenvalue weighted by molar-refractivity contribution is -0.115. The van der Waals surface area contributed by atoms with Crippen molar-refractivity contribution in [3.05, 3.63) is 83.7 Å². The van der Waals surface area contributed by atoms with E-state index in [1.165, 1.54) is 11.1 Å². The van der Waals surface area contributed by atoms with Crippen molar-refractivity contribution in [3.63, 3.8) is 0 Å². The number of carbonyl (C=O) groups is 1. The van der Waals surface area contributed by atoms with Crippen molar-refractivity contribution in [2.75, 3.05) is 12.4 Å². The van der Waals surface area contributed by atoms with Gasteiger partial charge in [0.25, 0.3) is 0 Å².